The number of methoxy groups -OCH3 is 2. The maximum atomic E-state index is 5.42. The number of nitrogens with one attached hydrogen (secondary N) is 1. The van der Waals surface area contributed by atoms with Crippen molar-refractivity contribution in [3.8, 4) is 11.5 Å². The number of benzene rings is 1. The fourth-order valence-electron chi connectivity index (χ4n) is 3.70. The average molecular weight is 355 g/mol. The highest BCUT2D eigenvalue weighted by Crippen LogP contribution is 2.37. The smallest absolute Gasteiger partial charge is 0.161 e. The van der Waals surface area contributed by atoms with Crippen molar-refractivity contribution in [2.45, 2.75) is 19.5 Å². The fourth-order valence-corrected chi connectivity index (χ4v) is 4.15. The van der Waals surface area contributed by atoms with Crippen molar-refractivity contribution in [1.82, 2.24) is 10.2 Å². The summed E-state index contributed by atoms with van der Waals surface area (Å²) in [6.07, 6.45) is 0. The summed E-state index contributed by atoms with van der Waals surface area (Å²) in [6.45, 7) is 6.81. The second kappa shape index (κ2) is 6.15. The SMILES string of the molecule is COc1cc(Br)c(CN2CC3CNCC3C2C)cc1OC. The van der Waals surface area contributed by atoms with E-state index in [1.165, 1.54) is 18.7 Å². The third-order valence-corrected chi connectivity index (χ3v) is 5.72. The van der Waals surface area contributed by atoms with Crippen LogP contribution >= 0.6 is 15.9 Å². The summed E-state index contributed by atoms with van der Waals surface area (Å²) >= 11 is 3.67. The summed E-state index contributed by atoms with van der Waals surface area (Å²) in [4.78, 5) is 2.59. The molecule has 0 saturated carbocycles. The number of rotatable bonds is 4. The first-order chi connectivity index (χ1) is 10.1. The van der Waals surface area contributed by atoms with Gasteiger partial charge >= 0.3 is 0 Å². The van der Waals surface area contributed by atoms with Gasteiger partial charge < -0.3 is 14.8 Å². The lowest BCUT2D eigenvalue weighted by molar-refractivity contribution is 0.230. The van der Waals surface area contributed by atoms with E-state index in [9.17, 15) is 0 Å². The van der Waals surface area contributed by atoms with E-state index in [0.29, 0.717) is 6.04 Å². The Balaban J connectivity index is 1.79. The third kappa shape index (κ3) is 2.79. The lowest BCUT2D eigenvalue weighted by Gasteiger charge is -2.25. The van der Waals surface area contributed by atoms with Gasteiger partial charge in [0.1, 0.15) is 0 Å². The normalized spacial score (nSPS) is 28.7. The molecule has 21 heavy (non-hydrogen) atoms. The Morgan fingerprint density at radius 3 is 2.62 bits per heavy atom. The maximum Gasteiger partial charge on any atom is 0.161 e. The highest BCUT2D eigenvalue weighted by Gasteiger charge is 2.41. The molecular weight excluding hydrogens is 332 g/mol. The molecule has 2 fully saturated rings. The van der Waals surface area contributed by atoms with Gasteiger partial charge in [0.2, 0.25) is 0 Å². The standard InChI is InChI=1S/C16H23BrN2O2/c1-10-13-7-18-6-12(13)9-19(10)8-11-4-15(20-2)16(21-3)5-14(11)17/h4-5,10,12-13,18H,6-9H2,1-3H3. The number of likely N-dealkylation sites (tertiary alicyclic amines) is 1. The molecule has 1 aromatic carbocycles. The molecule has 116 valence electrons. The summed E-state index contributed by atoms with van der Waals surface area (Å²) in [5.41, 5.74) is 1.26. The van der Waals surface area contributed by atoms with Crippen LogP contribution in [0.1, 0.15) is 12.5 Å². The van der Waals surface area contributed by atoms with E-state index in [-0.39, 0.29) is 0 Å². The second-order valence-corrected chi connectivity index (χ2v) is 6.91. The van der Waals surface area contributed by atoms with Crippen LogP contribution < -0.4 is 14.8 Å². The Hall–Kier alpha value is -0.780. The largest absolute Gasteiger partial charge is 0.493 e. The van der Waals surface area contributed by atoms with Gasteiger partial charge in [-0.1, -0.05) is 15.9 Å². The summed E-state index contributed by atoms with van der Waals surface area (Å²) in [6, 6.07) is 4.71. The Morgan fingerprint density at radius 2 is 1.95 bits per heavy atom. The van der Waals surface area contributed by atoms with Crippen molar-refractivity contribution in [3.05, 3.63) is 22.2 Å². The first-order valence-electron chi connectivity index (χ1n) is 7.49. The van der Waals surface area contributed by atoms with Gasteiger partial charge in [-0.3, -0.25) is 4.90 Å². The molecular formula is C16H23BrN2O2. The van der Waals surface area contributed by atoms with E-state index >= 15 is 0 Å². The molecule has 1 N–H and O–H groups in total. The molecule has 3 rings (SSSR count). The van der Waals surface area contributed by atoms with Crippen LogP contribution in [0.5, 0.6) is 11.5 Å². The highest BCUT2D eigenvalue weighted by atomic mass is 79.9. The van der Waals surface area contributed by atoms with E-state index in [1.807, 2.05) is 6.07 Å². The molecule has 1 aromatic rings. The fraction of sp³-hybridized carbons (Fsp3) is 0.625. The van der Waals surface area contributed by atoms with Gasteiger partial charge in [-0.05, 0) is 49.5 Å². The Morgan fingerprint density at radius 1 is 1.24 bits per heavy atom. The van der Waals surface area contributed by atoms with Gasteiger partial charge in [-0.15, -0.1) is 0 Å². The van der Waals surface area contributed by atoms with Crippen molar-refractivity contribution in [2.75, 3.05) is 33.9 Å². The van der Waals surface area contributed by atoms with Crippen LogP contribution in [-0.2, 0) is 6.54 Å². The molecule has 2 aliphatic rings. The number of halogens is 1. The minimum Gasteiger partial charge on any atom is -0.493 e. The minimum absolute atomic E-state index is 0.630. The predicted octanol–water partition coefficient (Wildman–Crippen LogP) is 2.51. The van der Waals surface area contributed by atoms with Crippen LogP contribution in [0.15, 0.2) is 16.6 Å². The first-order valence-corrected chi connectivity index (χ1v) is 8.28. The molecule has 3 atom stereocenters. The summed E-state index contributed by atoms with van der Waals surface area (Å²) in [7, 11) is 3.35. The molecule has 0 radical (unpaired) electrons. The Kier molecular flexibility index (Phi) is 4.43. The summed E-state index contributed by atoms with van der Waals surface area (Å²) < 4.78 is 11.9. The zero-order valence-electron chi connectivity index (χ0n) is 12.9. The zero-order chi connectivity index (χ0) is 15.0. The van der Waals surface area contributed by atoms with Gasteiger partial charge in [-0.2, -0.15) is 0 Å². The molecule has 2 heterocycles. The highest BCUT2D eigenvalue weighted by molar-refractivity contribution is 9.10. The maximum absolute atomic E-state index is 5.42. The van der Waals surface area contributed by atoms with Crippen molar-refractivity contribution in [3.63, 3.8) is 0 Å². The first kappa shape index (κ1) is 15.1. The van der Waals surface area contributed by atoms with Crippen LogP contribution in [0.25, 0.3) is 0 Å². The van der Waals surface area contributed by atoms with Crippen molar-refractivity contribution >= 4 is 15.9 Å². The molecule has 5 heteroatoms. The lowest BCUT2D eigenvalue weighted by atomic mass is 9.95. The average Bonchev–Trinajstić information content (AvgIpc) is 3.05. The van der Waals surface area contributed by atoms with Crippen LogP contribution in [0.4, 0.5) is 0 Å². The predicted molar refractivity (Wildman–Crippen MR) is 87.0 cm³/mol. The van der Waals surface area contributed by atoms with E-state index < -0.39 is 0 Å². The topological polar surface area (TPSA) is 33.7 Å². The van der Waals surface area contributed by atoms with Crippen LogP contribution in [0.3, 0.4) is 0 Å². The monoisotopic (exact) mass is 354 g/mol. The molecule has 3 unspecified atom stereocenters. The Bertz CT molecular complexity index is 523. The van der Waals surface area contributed by atoms with E-state index in [0.717, 1.165) is 40.9 Å². The van der Waals surface area contributed by atoms with E-state index in [2.05, 4.69) is 39.1 Å². The lowest BCUT2D eigenvalue weighted by Crippen LogP contribution is -2.32. The van der Waals surface area contributed by atoms with Crippen LogP contribution in [0.2, 0.25) is 0 Å². The third-order valence-electron chi connectivity index (χ3n) is 4.98. The quantitative estimate of drug-likeness (QED) is 0.900. The number of ether oxygens (including phenoxy) is 2. The molecule has 0 bridgehead atoms. The molecule has 0 aromatic heterocycles. The summed E-state index contributed by atoms with van der Waals surface area (Å²) in [5, 5.41) is 3.51. The number of fused-ring (bicyclic) bond motifs is 1. The van der Waals surface area contributed by atoms with E-state index in [1.54, 1.807) is 14.2 Å². The van der Waals surface area contributed by atoms with Gasteiger partial charge in [0.25, 0.3) is 0 Å². The van der Waals surface area contributed by atoms with Crippen molar-refractivity contribution in [2.24, 2.45) is 11.8 Å². The van der Waals surface area contributed by atoms with Crippen molar-refractivity contribution < 1.29 is 9.47 Å². The van der Waals surface area contributed by atoms with Crippen LogP contribution in [0, 0.1) is 11.8 Å². The van der Waals surface area contributed by atoms with Gasteiger partial charge in [-0.25, -0.2) is 0 Å². The second-order valence-electron chi connectivity index (χ2n) is 6.05. The molecule has 0 amide bonds. The summed E-state index contributed by atoms with van der Waals surface area (Å²) in [5.74, 6) is 3.16. The van der Waals surface area contributed by atoms with E-state index in [4.69, 9.17) is 9.47 Å². The molecule has 0 aliphatic carbocycles. The van der Waals surface area contributed by atoms with Crippen LogP contribution in [-0.4, -0.2) is 44.8 Å². The molecule has 2 aliphatic heterocycles. The van der Waals surface area contributed by atoms with Gasteiger partial charge in [0, 0.05) is 23.6 Å². The minimum atomic E-state index is 0.630. The molecule has 2 saturated heterocycles. The Labute approximate surface area is 134 Å². The molecule has 0 spiro atoms. The van der Waals surface area contributed by atoms with Gasteiger partial charge in [0.05, 0.1) is 14.2 Å². The van der Waals surface area contributed by atoms with Gasteiger partial charge in [0.15, 0.2) is 11.5 Å². The number of nitrogens with zero attached hydrogens (tertiary/aromatic N) is 1. The number of hydrogen-bond acceptors (Lipinski definition) is 4. The number of hydrogen-bond donors (Lipinski definition) is 1. The molecule has 4 nitrogen and oxygen atoms in total. The van der Waals surface area contributed by atoms with Crippen molar-refractivity contribution in [1.29, 1.82) is 0 Å². The zero-order valence-corrected chi connectivity index (χ0v) is 14.4.